The standard InChI is InChI=1S/C10H9ClN4O3S/c1-6-12-9(11)15-10(13-6)14-7-4-2-3-5-8(7)19(16,17)18/h2-5H,1H3,(H,16,17,18)(H,12,13,14,15). The van der Waals surface area contributed by atoms with Gasteiger partial charge in [0.1, 0.15) is 10.7 Å². The van der Waals surface area contributed by atoms with Gasteiger partial charge in [0.2, 0.25) is 11.2 Å². The normalized spacial score (nSPS) is 11.3. The Bertz CT molecular complexity index is 700. The van der Waals surface area contributed by atoms with E-state index in [-0.39, 0.29) is 21.8 Å². The number of hydrogen-bond acceptors (Lipinski definition) is 6. The Morgan fingerprint density at radius 2 is 1.89 bits per heavy atom. The Hall–Kier alpha value is -1.77. The van der Waals surface area contributed by atoms with E-state index in [1.807, 2.05) is 0 Å². The molecule has 9 heteroatoms. The van der Waals surface area contributed by atoms with Crippen LogP contribution in [-0.2, 0) is 10.1 Å². The van der Waals surface area contributed by atoms with Crippen molar-refractivity contribution in [2.24, 2.45) is 0 Å². The zero-order valence-corrected chi connectivity index (χ0v) is 11.3. The van der Waals surface area contributed by atoms with Crippen LogP contribution in [0.1, 0.15) is 5.82 Å². The lowest BCUT2D eigenvalue weighted by Crippen LogP contribution is -2.06. The average Bonchev–Trinajstić information content (AvgIpc) is 2.26. The van der Waals surface area contributed by atoms with Gasteiger partial charge in [-0.05, 0) is 30.7 Å². The number of nitrogens with zero attached hydrogens (tertiary/aromatic N) is 3. The first-order valence-electron chi connectivity index (χ1n) is 5.08. The zero-order valence-electron chi connectivity index (χ0n) is 9.70. The number of hydrogen-bond donors (Lipinski definition) is 2. The topological polar surface area (TPSA) is 105 Å². The molecule has 0 amide bonds. The molecule has 0 radical (unpaired) electrons. The zero-order chi connectivity index (χ0) is 14.0. The second-order valence-corrected chi connectivity index (χ2v) is 5.30. The van der Waals surface area contributed by atoms with Crippen molar-refractivity contribution in [3.63, 3.8) is 0 Å². The van der Waals surface area contributed by atoms with Crippen LogP contribution in [0.5, 0.6) is 0 Å². The second-order valence-electron chi connectivity index (χ2n) is 3.57. The Labute approximate surface area is 114 Å². The Morgan fingerprint density at radius 3 is 2.53 bits per heavy atom. The quantitative estimate of drug-likeness (QED) is 0.833. The molecule has 2 aromatic rings. The van der Waals surface area contributed by atoms with Gasteiger partial charge in [0, 0.05) is 0 Å². The molecule has 100 valence electrons. The number of aryl methyl sites for hydroxylation is 1. The van der Waals surface area contributed by atoms with E-state index in [2.05, 4.69) is 20.3 Å². The molecule has 0 aliphatic rings. The van der Waals surface area contributed by atoms with E-state index < -0.39 is 10.1 Å². The van der Waals surface area contributed by atoms with Gasteiger partial charge in [-0.1, -0.05) is 12.1 Å². The molecule has 19 heavy (non-hydrogen) atoms. The van der Waals surface area contributed by atoms with E-state index in [1.54, 1.807) is 13.0 Å². The smallest absolute Gasteiger partial charge is 0.296 e. The van der Waals surface area contributed by atoms with Crippen molar-refractivity contribution in [3.8, 4) is 0 Å². The number of anilines is 2. The maximum absolute atomic E-state index is 11.2. The number of benzene rings is 1. The van der Waals surface area contributed by atoms with E-state index in [9.17, 15) is 8.42 Å². The van der Waals surface area contributed by atoms with Gasteiger partial charge in [-0.25, -0.2) is 4.98 Å². The summed E-state index contributed by atoms with van der Waals surface area (Å²) in [5.74, 6) is 0.473. The highest BCUT2D eigenvalue weighted by Gasteiger charge is 2.15. The highest BCUT2D eigenvalue weighted by atomic mass is 35.5. The minimum absolute atomic E-state index is 0.0145. The third-order valence-electron chi connectivity index (χ3n) is 2.13. The molecule has 0 unspecified atom stereocenters. The molecule has 0 bridgehead atoms. The van der Waals surface area contributed by atoms with Crippen molar-refractivity contribution in [1.82, 2.24) is 15.0 Å². The number of nitrogens with one attached hydrogen (secondary N) is 1. The fraction of sp³-hybridized carbons (Fsp3) is 0.100. The van der Waals surface area contributed by atoms with Gasteiger partial charge in [-0.3, -0.25) is 4.55 Å². The molecular formula is C10H9ClN4O3S. The Kier molecular flexibility index (Phi) is 3.65. The molecule has 0 saturated heterocycles. The molecule has 0 fully saturated rings. The molecule has 1 aromatic heterocycles. The Balaban J connectivity index is 2.44. The van der Waals surface area contributed by atoms with Crippen LogP contribution in [0.4, 0.5) is 11.6 Å². The van der Waals surface area contributed by atoms with Crippen molar-refractivity contribution >= 4 is 33.4 Å². The maximum atomic E-state index is 11.2. The molecule has 7 nitrogen and oxygen atoms in total. The number of para-hydroxylation sites is 1. The summed E-state index contributed by atoms with van der Waals surface area (Å²) in [6.45, 7) is 1.62. The van der Waals surface area contributed by atoms with Crippen molar-refractivity contribution in [2.45, 2.75) is 11.8 Å². The van der Waals surface area contributed by atoms with E-state index in [1.165, 1.54) is 18.2 Å². The molecular weight excluding hydrogens is 292 g/mol. The molecule has 0 spiro atoms. The summed E-state index contributed by atoms with van der Waals surface area (Å²) < 4.78 is 31.5. The lowest BCUT2D eigenvalue weighted by molar-refractivity contribution is 0.483. The first kappa shape index (κ1) is 13.7. The summed E-state index contributed by atoms with van der Waals surface area (Å²) in [6.07, 6.45) is 0. The Morgan fingerprint density at radius 1 is 1.21 bits per heavy atom. The molecule has 0 aliphatic heterocycles. The summed E-state index contributed by atoms with van der Waals surface area (Å²) in [6, 6.07) is 5.82. The van der Waals surface area contributed by atoms with Crippen LogP contribution in [0.2, 0.25) is 5.28 Å². The van der Waals surface area contributed by atoms with Crippen LogP contribution in [0.25, 0.3) is 0 Å². The van der Waals surface area contributed by atoms with Crippen LogP contribution in [0.15, 0.2) is 29.2 Å². The molecule has 1 aromatic carbocycles. The SMILES string of the molecule is Cc1nc(Cl)nc(Nc2ccccc2S(=O)(=O)O)n1. The summed E-state index contributed by atoms with van der Waals surface area (Å²) >= 11 is 5.68. The summed E-state index contributed by atoms with van der Waals surface area (Å²) in [7, 11) is -4.34. The molecule has 0 aliphatic carbocycles. The maximum Gasteiger partial charge on any atom is 0.296 e. The lowest BCUT2D eigenvalue weighted by Gasteiger charge is -2.08. The van der Waals surface area contributed by atoms with Crippen molar-refractivity contribution in [2.75, 3.05) is 5.32 Å². The fourth-order valence-electron chi connectivity index (χ4n) is 1.42. The van der Waals surface area contributed by atoms with Gasteiger partial charge in [-0.15, -0.1) is 0 Å². The molecule has 0 saturated carbocycles. The molecule has 0 atom stereocenters. The highest BCUT2D eigenvalue weighted by Crippen LogP contribution is 2.23. The third kappa shape index (κ3) is 3.37. The average molecular weight is 301 g/mol. The van der Waals surface area contributed by atoms with Gasteiger partial charge in [0.25, 0.3) is 10.1 Å². The van der Waals surface area contributed by atoms with Gasteiger partial charge >= 0.3 is 0 Å². The summed E-state index contributed by atoms with van der Waals surface area (Å²) in [4.78, 5) is 11.3. The fourth-order valence-corrected chi connectivity index (χ4v) is 2.27. The van der Waals surface area contributed by atoms with Crippen LogP contribution >= 0.6 is 11.6 Å². The predicted molar refractivity (Wildman–Crippen MR) is 69.1 cm³/mol. The van der Waals surface area contributed by atoms with Crippen molar-refractivity contribution in [1.29, 1.82) is 0 Å². The molecule has 1 heterocycles. The minimum atomic E-state index is -4.34. The first-order chi connectivity index (χ1) is 8.86. The number of halogens is 1. The van der Waals surface area contributed by atoms with Gasteiger partial charge < -0.3 is 5.32 Å². The second kappa shape index (κ2) is 5.08. The van der Waals surface area contributed by atoms with Crippen molar-refractivity contribution in [3.05, 3.63) is 35.4 Å². The third-order valence-corrected chi connectivity index (χ3v) is 3.21. The van der Waals surface area contributed by atoms with E-state index in [4.69, 9.17) is 16.2 Å². The first-order valence-corrected chi connectivity index (χ1v) is 6.90. The van der Waals surface area contributed by atoms with E-state index in [0.717, 1.165) is 0 Å². The van der Waals surface area contributed by atoms with E-state index in [0.29, 0.717) is 5.82 Å². The lowest BCUT2D eigenvalue weighted by atomic mass is 10.3. The van der Waals surface area contributed by atoms with Crippen LogP contribution in [0.3, 0.4) is 0 Å². The van der Waals surface area contributed by atoms with Crippen LogP contribution in [-0.4, -0.2) is 27.9 Å². The minimum Gasteiger partial charge on any atom is -0.323 e. The summed E-state index contributed by atoms with van der Waals surface area (Å²) in [5.41, 5.74) is 0.145. The van der Waals surface area contributed by atoms with Crippen LogP contribution in [0, 0.1) is 6.92 Å². The van der Waals surface area contributed by atoms with Crippen molar-refractivity contribution < 1.29 is 13.0 Å². The van der Waals surface area contributed by atoms with Gasteiger partial charge in [-0.2, -0.15) is 18.4 Å². The predicted octanol–water partition coefficient (Wildman–Crippen LogP) is 1.82. The van der Waals surface area contributed by atoms with E-state index >= 15 is 0 Å². The monoisotopic (exact) mass is 300 g/mol. The van der Waals surface area contributed by atoms with Gasteiger partial charge in [0.05, 0.1) is 5.69 Å². The number of aromatic nitrogens is 3. The number of rotatable bonds is 3. The van der Waals surface area contributed by atoms with Crippen LogP contribution < -0.4 is 5.32 Å². The largest absolute Gasteiger partial charge is 0.323 e. The molecule has 2 N–H and O–H groups in total. The van der Waals surface area contributed by atoms with Gasteiger partial charge in [0.15, 0.2) is 0 Å². The highest BCUT2D eigenvalue weighted by molar-refractivity contribution is 7.86. The summed E-state index contributed by atoms with van der Waals surface area (Å²) in [5, 5.41) is 2.66. The molecule has 2 rings (SSSR count).